The molecule has 1 amide bonds. The van der Waals surface area contributed by atoms with Crippen LogP contribution in [-0.2, 0) is 20.0 Å². The lowest BCUT2D eigenvalue weighted by molar-refractivity contribution is -0.130. The van der Waals surface area contributed by atoms with E-state index in [0.29, 0.717) is 18.9 Å². The summed E-state index contributed by atoms with van der Waals surface area (Å²) in [4.78, 5) is 21.5. The van der Waals surface area contributed by atoms with Crippen molar-refractivity contribution in [2.45, 2.75) is 44.4 Å². The molecule has 3 heterocycles. The summed E-state index contributed by atoms with van der Waals surface area (Å²) in [6.45, 7) is 5.69. The number of sulfone groups is 1. The average molecular weight is 582 g/mol. The lowest BCUT2D eigenvalue weighted by Gasteiger charge is -2.56. The van der Waals surface area contributed by atoms with Crippen molar-refractivity contribution in [2.75, 3.05) is 43.1 Å². The Hall–Kier alpha value is -3.47. The molecular formula is C30H33F2N5O3S. The van der Waals surface area contributed by atoms with Gasteiger partial charge in [0.15, 0.2) is 0 Å². The molecule has 3 aliphatic carbocycles. The first-order chi connectivity index (χ1) is 19.4. The largest absolute Gasteiger partial charge is 0.346 e. The van der Waals surface area contributed by atoms with Gasteiger partial charge in [-0.15, -0.1) is 5.10 Å². The van der Waals surface area contributed by atoms with Gasteiger partial charge in [-0.1, -0.05) is 26.0 Å². The topological polar surface area (TPSA) is 96.4 Å². The van der Waals surface area contributed by atoms with Crippen LogP contribution in [0.2, 0.25) is 0 Å². The van der Waals surface area contributed by atoms with Crippen LogP contribution in [0.1, 0.15) is 56.0 Å². The van der Waals surface area contributed by atoms with Gasteiger partial charge in [0.25, 0.3) is 0 Å². The second kappa shape index (κ2) is 9.82. The number of piperazine rings is 1. The summed E-state index contributed by atoms with van der Waals surface area (Å²) in [7, 11) is -3.16. The Kier molecular flexibility index (Phi) is 6.63. The summed E-state index contributed by atoms with van der Waals surface area (Å²) in [5.74, 6) is -0.654. The van der Waals surface area contributed by atoms with Crippen LogP contribution in [-0.4, -0.2) is 72.6 Å². The SMILES string of the molecule is CC1(C)C[C@H]2CC[C@]1(c1cccc(N3CCN(CCS(C)(=O)=O)C(=O)C3)n1)c1nnc(-c3c(F)cccc3F)cc12. The standard InChI is InChI=1S/C30H33F2N5O3S/c1-29(2)17-19-10-11-30(29,28-20(19)16-23(34-35-28)27-21(31)6-4-7-22(27)32)24-8-5-9-25(33-24)37-13-12-36(26(38)18-37)14-15-41(3,39)40/h4-9,16,19H,10-15,17-18H2,1-3H3/t19-,30+/m1/s1. The van der Waals surface area contributed by atoms with Crippen LogP contribution in [0.15, 0.2) is 42.5 Å². The van der Waals surface area contributed by atoms with Crippen LogP contribution < -0.4 is 4.90 Å². The number of hydrogen-bond donors (Lipinski definition) is 0. The van der Waals surface area contributed by atoms with Crippen LogP contribution in [0.5, 0.6) is 0 Å². The fraction of sp³-hybridized carbons (Fsp3) is 0.467. The third-order valence-corrected chi connectivity index (χ3v) is 10.1. The molecule has 0 spiro atoms. The lowest BCUT2D eigenvalue weighted by Crippen LogP contribution is -2.53. The van der Waals surface area contributed by atoms with E-state index in [0.717, 1.165) is 36.2 Å². The molecule has 3 aromatic rings. The van der Waals surface area contributed by atoms with Crippen molar-refractivity contribution in [1.29, 1.82) is 0 Å². The zero-order chi connectivity index (χ0) is 29.2. The average Bonchev–Trinajstić information content (AvgIpc) is 2.92. The molecule has 2 aromatic heterocycles. The minimum Gasteiger partial charge on any atom is -0.346 e. The summed E-state index contributed by atoms with van der Waals surface area (Å²) >= 11 is 0. The molecule has 2 atom stereocenters. The normalized spacial score (nSPS) is 23.5. The highest BCUT2D eigenvalue weighted by Gasteiger charge is 2.59. The molecule has 2 fully saturated rings. The van der Waals surface area contributed by atoms with E-state index in [2.05, 4.69) is 24.0 Å². The summed E-state index contributed by atoms with van der Waals surface area (Å²) in [6, 6.07) is 11.4. The third kappa shape index (κ3) is 4.67. The van der Waals surface area contributed by atoms with Crippen molar-refractivity contribution in [3.05, 3.63) is 71.1 Å². The highest BCUT2D eigenvalue weighted by molar-refractivity contribution is 7.90. The van der Waals surface area contributed by atoms with E-state index in [-0.39, 0.29) is 47.3 Å². The number of amides is 1. The first kappa shape index (κ1) is 27.7. The van der Waals surface area contributed by atoms with Crippen molar-refractivity contribution in [3.63, 3.8) is 0 Å². The number of halogens is 2. The molecule has 216 valence electrons. The number of pyridine rings is 1. The summed E-state index contributed by atoms with van der Waals surface area (Å²) in [5.41, 5.74) is 1.85. The number of anilines is 1. The molecule has 1 aliphatic heterocycles. The van der Waals surface area contributed by atoms with Crippen molar-refractivity contribution < 1.29 is 22.0 Å². The fourth-order valence-electron chi connectivity index (χ4n) is 7.09. The predicted octanol–water partition coefficient (Wildman–Crippen LogP) is 4.10. The molecular weight excluding hydrogens is 548 g/mol. The molecule has 7 rings (SSSR count). The Morgan fingerprint density at radius 2 is 1.78 bits per heavy atom. The van der Waals surface area contributed by atoms with Crippen molar-refractivity contribution in [2.24, 2.45) is 5.41 Å². The Morgan fingerprint density at radius 1 is 1.05 bits per heavy atom. The van der Waals surface area contributed by atoms with Crippen molar-refractivity contribution >= 4 is 21.6 Å². The first-order valence-electron chi connectivity index (χ1n) is 13.9. The maximum Gasteiger partial charge on any atom is 0.242 e. The van der Waals surface area contributed by atoms with E-state index in [1.165, 1.54) is 24.5 Å². The Balaban J connectivity index is 1.35. The number of aromatic nitrogens is 3. The van der Waals surface area contributed by atoms with E-state index in [1.54, 1.807) is 11.0 Å². The van der Waals surface area contributed by atoms with Gasteiger partial charge in [0.05, 0.1) is 40.4 Å². The highest BCUT2D eigenvalue weighted by atomic mass is 32.2. The van der Waals surface area contributed by atoms with E-state index >= 15 is 0 Å². The molecule has 0 radical (unpaired) electrons. The van der Waals surface area contributed by atoms with Gasteiger partial charge in [-0.3, -0.25) is 4.79 Å². The molecule has 41 heavy (non-hydrogen) atoms. The number of carbonyl (C=O) groups excluding carboxylic acids is 1. The lowest BCUT2D eigenvalue weighted by atomic mass is 9.47. The number of hydrogen-bond acceptors (Lipinski definition) is 7. The van der Waals surface area contributed by atoms with E-state index in [9.17, 15) is 22.0 Å². The zero-order valence-corrected chi connectivity index (χ0v) is 24.2. The summed E-state index contributed by atoms with van der Waals surface area (Å²) in [6.07, 6.45) is 3.75. The van der Waals surface area contributed by atoms with E-state index in [1.807, 2.05) is 23.1 Å². The van der Waals surface area contributed by atoms with Crippen LogP contribution in [0.3, 0.4) is 0 Å². The molecule has 1 aromatic carbocycles. The van der Waals surface area contributed by atoms with Gasteiger partial charge in [0.1, 0.15) is 27.3 Å². The van der Waals surface area contributed by atoms with E-state index < -0.39 is 26.9 Å². The molecule has 0 N–H and O–H groups in total. The van der Waals surface area contributed by atoms with Gasteiger partial charge in [0, 0.05) is 25.9 Å². The van der Waals surface area contributed by atoms with Gasteiger partial charge in [-0.25, -0.2) is 22.2 Å². The third-order valence-electron chi connectivity index (χ3n) is 9.21. The zero-order valence-electron chi connectivity index (χ0n) is 23.4. The quantitative estimate of drug-likeness (QED) is 0.433. The van der Waals surface area contributed by atoms with Crippen LogP contribution in [0.4, 0.5) is 14.6 Å². The number of carbonyl (C=O) groups is 1. The van der Waals surface area contributed by atoms with Gasteiger partial charge < -0.3 is 9.80 Å². The predicted molar refractivity (Wildman–Crippen MR) is 151 cm³/mol. The maximum absolute atomic E-state index is 14.6. The summed E-state index contributed by atoms with van der Waals surface area (Å²) < 4.78 is 52.4. The molecule has 8 nitrogen and oxygen atoms in total. The fourth-order valence-corrected chi connectivity index (χ4v) is 7.64. The number of benzene rings is 1. The van der Waals surface area contributed by atoms with Gasteiger partial charge in [0.2, 0.25) is 5.91 Å². The van der Waals surface area contributed by atoms with Gasteiger partial charge in [-0.2, -0.15) is 5.10 Å². The van der Waals surface area contributed by atoms with Crippen molar-refractivity contribution in [1.82, 2.24) is 20.1 Å². The van der Waals surface area contributed by atoms with Gasteiger partial charge in [-0.05, 0) is 66.5 Å². The second-order valence-electron chi connectivity index (χ2n) is 12.2. The minimum atomic E-state index is -3.16. The van der Waals surface area contributed by atoms with Crippen LogP contribution >= 0.6 is 0 Å². The molecule has 4 aliphatic rings. The highest BCUT2D eigenvalue weighted by Crippen LogP contribution is 2.64. The maximum atomic E-state index is 14.6. The number of nitrogens with zero attached hydrogens (tertiary/aromatic N) is 5. The number of rotatable bonds is 6. The molecule has 2 bridgehead atoms. The molecule has 0 unspecified atom stereocenters. The Morgan fingerprint density at radius 3 is 2.46 bits per heavy atom. The van der Waals surface area contributed by atoms with Crippen LogP contribution in [0, 0.1) is 17.0 Å². The second-order valence-corrected chi connectivity index (χ2v) is 14.4. The van der Waals surface area contributed by atoms with E-state index in [4.69, 9.17) is 4.98 Å². The minimum absolute atomic E-state index is 0.0587. The Bertz CT molecular complexity index is 1630. The van der Waals surface area contributed by atoms with Crippen molar-refractivity contribution in [3.8, 4) is 11.3 Å². The molecule has 1 saturated heterocycles. The van der Waals surface area contributed by atoms with Crippen LogP contribution in [0.25, 0.3) is 11.3 Å². The number of fused-ring (bicyclic) bond motifs is 2. The smallest absolute Gasteiger partial charge is 0.242 e. The molecule has 11 heteroatoms. The van der Waals surface area contributed by atoms with Gasteiger partial charge >= 0.3 is 0 Å². The summed E-state index contributed by atoms with van der Waals surface area (Å²) in [5, 5.41) is 9.01. The molecule has 1 saturated carbocycles. The first-order valence-corrected chi connectivity index (χ1v) is 16.0. The Labute approximate surface area is 238 Å². The monoisotopic (exact) mass is 581 g/mol.